The third-order valence-corrected chi connectivity index (χ3v) is 4.34. The van der Waals surface area contributed by atoms with Gasteiger partial charge >= 0.3 is 0 Å². The fourth-order valence-electron chi connectivity index (χ4n) is 3.05. The number of rotatable bonds is 2. The van der Waals surface area contributed by atoms with Crippen molar-refractivity contribution in [2.24, 2.45) is 17.6 Å². The van der Waals surface area contributed by atoms with Gasteiger partial charge in [0.1, 0.15) is 0 Å². The van der Waals surface area contributed by atoms with Crippen LogP contribution in [-0.2, 0) is 9.53 Å². The number of morpholine rings is 1. The molecule has 2 rings (SSSR count). The number of hydrogen-bond acceptors (Lipinski definition) is 3. The monoisotopic (exact) mass is 254 g/mol. The van der Waals surface area contributed by atoms with Crippen molar-refractivity contribution in [1.29, 1.82) is 0 Å². The maximum Gasteiger partial charge on any atom is 0.226 e. The minimum Gasteiger partial charge on any atom is -0.377 e. The van der Waals surface area contributed by atoms with Gasteiger partial charge in [-0.2, -0.15) is 0 Å². The summed E-state index contributed by atoms with van der Waals surface area (Å²) in [5.41, 5.74) is 5.91. The van der Waals surface area contributed by atoms with Gasteiger partial charge in [-0.3, -0.25) is 4.79 Å². The Bertz CT molecular complexity index is 286. The molecular weight excluding hydrogens is 228 g/mol. The summed E-state index contributed by atoms with van der Waals surface area (Å²) in [4.78, 5) is 14.7. The molecule has 1 saturated carbocycles. The van der Waals surface area contributed by atoms with Gasteiger partial charge < -0.3 is 15.4 Å². The summed E-state index contributed by atoms with van der Waals surface area (Å²) in [6, 6.07) is 0.557. The Balaban J connectivity index is 1.97. The number of hydrogen-bond donors (Lipinski definition) is 1. The number of carbonyl (C=O) groups excluding carboxylic acids is 1. The highest BCUT2D eigenvalue weighted by Crippen LogP contribution is 2.27. The smallest absolute Gasteiger partial charge is 0.226 e. The van der Waals surface area contributed by atoms with E-state index < -0.39 is 0 Å². The van der Waals surface area contributed by atoms with E-state index >= 15 is 0 Å². The van der Waals surface area contributed by atoms with Crippen molar-refractivity contribution >= 4 is 5.91 Å². The summed E-state index contributed by atoms with van der Waals surface area (Å²) in [5, 5.41) is 0. The van der Waals surface area contributed by atoms with Gasteiger partial charge in [0.05, 0.1) is 19.3 Å². The van der Waals surface area contributed by atoms with Gasteiger partial charge in [-0.25, -0.2) is 0 Å². The Morgan fingerprint density at radius 3 is 2.56 bits per heavy atom. The summed E-state index contributed by atoms with van der Waals surface area (Å²) in [5.74, 6) is 0.994. The lowest BCUT2D eigenvalue weighted by molar-refractivity contribution is -0.147. The van der Waals surface area contributed by atoms with E-state index in [1.165, 1.54) is 0 Å². The van der Waals surface area contributed by atoms with E-state index in [-0.39, 0.29) is 12.0 Å². The zero-order valence-corrected chi connectivity index (χ0v) is 11.6. The molecular formula is C14H26N2O2. The molecule has 1 heterocycles. The zero-order valence-electron chi connectivity index (χ0n) is 11.6. The molecule has 0 spiro atoms. The van der Waals surface area contributed by atoms with Crippen LogP contribution < -0.4 is 5.73 Å². The minimum atomic E-state index is 0.198. The molecule has 2 aliphatic rings. The molecule has 1 aliphatic heterocycles. The van der Waals surface area contributed by atoms with Crippen molar-refractivity contribution in [3.8, 4) is 0 Å². The Kier molecular flexibility index (Phi) is 4.62. The molecule has 0 radical (unpaired) electrons. The highest BCUT2D eigenvalue weighted by atomic mass is 16.5. The second-order valence-electron chi connectivity index (χ2n) is 6.03. The summed E-state index contributed by atoms with van der Waals surface area (Å²) >= 11 is 0. The van der Waals surface area contributed by atoms with E-state index in [1.807, 2.05) is 0 Å². The van der Waals surface area contributed by atoms with Gasteiger partial charge in [-0.15, -0.1) is 0 Å². The van der Waals surface area contributed by atoms with Crippen LogP contribution in [-0.4, -0.2) is 42.6 Å². The summed E-state index contributed by atoms with van der Waals surface area (Å²) in [7, 11) is 0. The van der Waals surface area contributed by atoms with E-state index in [9.17, 15) is 4.79 Å². The van der Waals surface area contributed by atoms with Crippen LogP contribution in [0.1, 0.15) is 39.5 Å². The summed E-state index contributed by atoms with van der Waals surface area (Å²) in [6.07, 6.45) is 3.91. The van der Waals surface area contributed by atoms with Crippen LogP contribution in [0, 0.1) is 11.8 Å². The van der Waals surface area contributed by atoms with Crippen LogP contribution in [0.2, 0.25) is 0 Å². The molecule has 18 heavy (non-hydrogen) atoms. The van der Waals surface area contributed by atoms with Gasteiger partial charge in [-0.05, 0) is 31.6 Å². The molecule has 0 bridgehead atoms. The highest BCUT2D eigenvalue weighted by molar-refractivity contribution is 5.79. The first-order chi connectivity index (χ1) is 8.59. The lowest BCUT2D eigenvalue weighted by atomic mass is 9.85. The average Bonchev–Trinajstić information content (AvgIpc) is 2.39. The van der Waals surface area contributed by atoms with Gasteiger partial charge in [0.25, 0.3) is 0 Å². The number of amides is 1. The van der Waals surface area contributed by atoms with Crippen LogP contribution in [0.4, 0.5) is 0 Å². The lowest BCUT2D eigenvalue weighted by Gasteiger charge is -2.40. The van der Waals surface area contributed by atoms with Gasteiger partial charge in [0, 0.05) is 18.5 Å². The number of nitrogens with zero attached hydrogens (tertiary/aromatic N) is 1. The molecule has 2 fully saturated rings. The number of ether oxygens (including phenoxy) is 1. The topological polar surface area (TPSA) is 55.6 Å². The van der Waals surface area contributed by atoms with Crippen molar-refractivity contribution in [2.45, 2.75) is 51.6 Å². The molecule has 1 aliphatic carbocycles. The molecule has 2 N–H and O–H groups in total. The molecule has 1 unspecified atom stereocenters. The Morgan fingerprint density at radius 2 is 1.94 bits per heavy atom. The van der Waals surface area contributed by atoms with E-state index in [0.717, 1.165) is 32.2 Å². The third-order valence-electron chi connectivity index (χ3n) is 4.34. The van der Waals surface area contributed by atoms with Crippen molar-refractivity contribution in [3.63, 3.8) is 0 Å². The number of nitrogens with two attached hydrogens (primary N) is 1. The predicted octanol–water partition coefficient (Wildman–Crippen LogP) is 1.39. The first-order valence-corrected chi connectivity index (χ1v) is 7.23. The van der Waals surface area contributed by atoms with Crippen LogP contribution in [0.5, 0.6) is 0 Å². The molecule has 1 atom stereocenters. The van der Waals surface area contributed by atoms with E-state index in [2.05, 4.69) is 18.7 Å². The quantitative estimate of drug-likeness (QED) is 0.810. The molecule has 0 aromatic rings. The second kappa shape index (κ2) is 6.02. The summed E-state index contributed by atoms with van der Waals surface area (Å²) in [6.45, 7) is 6.45. The minimum absolute atomic E-state index is 0.198. The molecule has 0 aromatic heterocycles. The molecule has 0 aromatic carbocycles. The van der Waals surface area contributed by atoms with E-state index in [0.29, 0.717) is 31.1 Å². The second-order valence-corrected chi connectivity index (χ2v) is 6.03. The highest BCUT2D eigenvalue weighted by Gasteiger charge is 2.34. The van der Waals surface area contributed by atoms with Crippen LogP contribution in [0.15, 0.2) is 0 Å². The molecule has 4 heteroatoms. The van der Waals surface area contributed by atoms with Gasteiger partial charge in [-0.1, -0.05) is 13.8 Å². The van der Waals surface area contributed by atoms with Gasteiger partial charge in [0.15, 0.2) is 0 Å². The van der Waals surface area contributed by atoms with Crippen molar-refractivity contribution in [3.05, 3.63) is 0 Å². The van der Waals surface area contributed by atoms with E-state index in [4.69, 9.17) is 10.5 Å². The normalized spacial score (nSPS) is 33.8. The maximum absolute atomic E-state index is 12.6. The number of carbonyl (C=O) groups is 1. The van der Waals surface area contributed by atoms with Crippen molar-refractivity contribution in [1.82, 2.24) is 4.90 Å². The third kappa shape index (κ3) is 3.04. The fraction of sp³-hybridized carbons (Fsp3) is 0.929. The fourth-order valence-corrected chi connectivity index (χ4v) is 3.05. The Labute approximate surface area is 110 Å². The summed E-state index contributed by atoms with van der Waals surface area (Å²) < 4.78 is 5.51. The Hall–Kier alpha value is -0.610. The molecule has 1 amide bonds. The van der Waals surface area contributed by atoms with Crippen LogP contribution in [0.25, 0.3) is 0 Å². The molecule has 1 saturated heterocycles. The van der Waals surface area contributed by atoms with Crippen LogP contribution in [0.3, 0.4) is 0 Å². The predicted molar refractivity (Wildman–Crippen MR) is 71.1 cm³/mol. The largest absolute Gasteiger partial charge is 0.377 e. The van der Waals surface area contributed by atoms with Crippen molar-refractivity contribution < 1.29 is 9.53 Å². The Morgan fingerprint density at radius 1 is 1.28 bits per heavy atom. The van der Waals surface area contributed by atoms with Crippen LogP contribution >= 0.6 is 0 Å². The maximum atomic E-state index is 12.6. The average molecular weight is 254 g/mol. The first kappa shape index (κ1) is 13.8. The first-order valence-electron chi connectivity index (χ1n) is 7.23. The van der Waals surface area contributed by atoms with E-state index in [1.54, 1.807) is 0 Å². The molecule has 4 nitrogen and oxygen atoms in total. The molecule has 104 valence electrons. The lowest BCUT2D eigenvalue weighted by Crippen LogP contribution is -2.53. The van der Waals surface area contributed by atoms with Gasteiger partial charge in [0.2, 0.25) is 5.91 Å². The zero-order chi connectivity index (χ0) is 13.1. The van der Waals surface area contributed by atoms with Crippen molar-refractivity contribution in [2.75, 3.05) is 19.8 Å². The standard InChI is InChI=1S/C14H26N2O2/c1-10(2)13-9-18-8-7-16(13)14(17)11-3-5-12(15)6-4-11/h10-13H,3-9,15H2,1-2H3. The SMILES string of the molecule is CC(C)C1COCCN1C(=O)C1CCC(N)CC1.